The number of furan rings is 1. The lowest BCUT2D eigenvalue weighted by Gasteiger charge is -2.39. The van der Waals surface area contributed by atoms with Crippen molar-refractivity contribution in [3.8, 4) is 0 Å². The highest BCUT2D eigenvalue weighted by Gasteiger charge is 2.44. The van der Waals surface area contributed by atoms with Crippen molar-refractivity contribution >= 4 is 17.9 Å². The van der Waals surface area contributed by atoms with Gasteiger partial charge in [-0.05, 0) is 44.5 Å². The second-order valence-electron chi connectivity index (χ2n) is 8.54. The van der Waals surface area contributed by atoms with E-state index in [-0.39, 0.29) is 11.6 Å². The highest BCUT2D eigenvalue weighted by Crippen LogP contribution is 2.36. The Labute approximate surface area is 212 Å². The van der Waals surface area contributed by atoms with Crippen molar-refractivity contribution in [1.29, 1.82) is 0 Å². The smallest absolute Gasteiger partial charge is 0.475 e. The maximum absolute atomic E-state index is 10.6. The van der Waals surface area contributed by atoms with Crippen LogP contribution in [0.25, 0.3) is 0 Å². The van der Waals surface area contributed by atoms with E-state index in [0.29, 0.717) is 12.6 Å². The molecule has 4 heterocycles. The molecule has 0 bridgehead atoms. The van der Waals surface area contributed by atoms with Crippen LogP contribution < -0.4 is 5.32 Å². The van der Waals surface area contributed by atoms with Gasteiger partial charge < -0.3 is 24.7 Å². The molecule has 0 amide bonds. The topological polar surface area (TPSA) is 138 Å². The standard InChI is InChI=1S/C18H24N4O2.2C2HF3O2/c1-14-4-5-16(24-14)11-22-9-2-6-18(13-22)10-15(12-23-18)21-17-19-7-3-8-20-17;2*3-2(4,5)1(6)7/h3-5,7-8,15H,2,6,9-13H2,1H3,(H,19,20,21);2*(H,6,7). The Morgan fingerprint density at radius 1 is 1.11 bits per heavy atom. The summed E-state index contributed by atoms with van der Waals surface area (Å²) in [6.07, 6.45) is -3.37. The molecule has 2 saturated heterocycles. The first kappa shape index (κ1) is 30.8. The molecule has 1 spiro atoms. The van der Waals surface area contributed by atoms with Gasteiger partial charge in [-0.1, -0.05) is 0 Å². The van der Waals surface area contributed by atoms with Crippen LogP contribution >= 0.6 is 0 Å². The fraction of sp³-hybridized carbons (Fsp3) is 0.545. The van der Waals surface area contributed by atoms with Gasteiger partial charge in [-0.3, -0.25) is 4.90 Å². The van der Waals surface area contributed by atoms with E-state index in [0.717, 1.165) is 50.4 Å². The van der Waals surface area contributed by atoms with Gasteiger partial charge in [-0.25, -0.2) is 19.6 Å². The van der Waals surface area contributed by atoms with E-state index in [1.807, 2.05) is 19.1 Å². The Hall–Kier alpha value is -3.40. The van der Waals surface area contributed by atoms with Crippen molar-refractivity contribution in [2.75, 3.05) is 25.0 Å². The van der Waals surface area contributed by atoms with E-state index in [1.54, 1.807) is 12.4 Å². The number of anilines is 1. The summed E-state index contributed by atoms with van der Waals surface area (Å²) in [5.74, 6) is -2.82. The average molecular weight is 556 g/mol. The predicted molar refractivity (Wildman–Crippen MR) is 118 cm³/mol. The second-order valence-corrected chi connectivity index (χ2v) is 8.54. The Bertz CT molecular complexity index is 1020. The third-order valence-electron chi connectivity index (χ3n) is 5.39. The van der Waals surface area contributed by atoms with Gasteiger partial charge in [0.2, 0.25) is 5.95 Å². The molecule has 0 aliphatic carbocycles. The third-order valence-corrected chi connectivity index (χ3v) is 5.39. The Morgan fingerprint density at radius 2 is 1.68 bits per heavy atom. The number of carboxylic acid groups (broad SMARTS) is 2. The van der Waals surface area contributed by atoms with E-state index in [9.17, 15) is 26.3 Å². The quantitative estimate of drug-likeness (QED) is 0.476. The van der Waals surface area contributed by atoms with Crippen LogP contribution in [-0.4, -0.2) is 80.7 Å². The highest BCUT2D eigenvalue weighted by atomic mass is 19.4. The first-order chi connectivity index (χ1) is 17.6. The van der Waals surface area contributed by atoms with Crippen LogP contribution in [0.4, 0.5) is 32.3 Å². The van der Waals surface area contributed by atoms with Crippen molar-refractivity contribution in [3.63, 3.8) is 0 Å². The lowest BCUT2D eigenvalue weighted by Crippen LogP contribution is -2.47. The number of aromatic nitrogens is 2. The highest BCUT2D eigenvalue weighted by molar-refractivity contribution is 5.73. The van der Waals surface area contributed by atoms with Gasteiger partial charge in [0, 0.05) is 25.4 Å². The van der Waals surface area contributed by atoms with E-state index in [2.05, 4.69) is 26.3 Å². The number of piperidine rings is 1. The molecule has 2 aliphatic rings. The number of halogens is 6. The van der Waals surface area contributed by atoms with E-state index in [1.165, 1.54) is 0 Å². The fourth-order valence-corrected chi connectivity index (χ4v) is 3.89. The molecule has 4 rings (SSSR count). The van der Waals surface area contributed by atoms with Crippen LogP contribution in [0.5, 0.6) is 0 Å². The molecule has 212 valence electrons. The Balaban J connectivity index is 0.000000301. The molecule has 2 aromatic heterocycles. The minimum absolute atomic E-state index is 0.0493. The minimum atomic E-state index is -5.08. The fourth-order valence-electron chi connectivity index (χ4n) is 3.89. The summed E-state index contributed by atoms with van der Waals surface area (Å²) < 4.78 is 75.4. The summed E-state index contributed by atoms with van der Waals surface area (Å²) in [5.41, 5.74) is -0.0493. The number of hydrogen-bond acceptors (Lipinski definition) is 8. The van der Waals surface area contributed by atoms with Gasteiger partial charge in [-0.15, -0.1) is 0 Å². The molecule has 0 radical (unpaired) electrons. The second kappa shape index (κ2) is 12.9. The van der Waals surface area contributed by atoms with E-state index >= 15 is 0 Å². The molecule has 0 aromatic carbocycles. The number of likely N-dealkylation sites (tertiary alicyclic amines) is 1. The van der Waals surface area contributed by atoms with Crippen molar-refractivity contribution in [3.05, 3.63) is 42.1 Å². The van der Waals surface area contributed by atoms with Crippen LogP contribution in [0.15, 0.2) is 35.0 Å². The van der Waals surface area contributed by atoms with E-state index < -0.39 is 24.3 Å². The van der Waals surface area contributed by atoms with Gasteiger partial charge in [0.05, 0.1) is 24.8 Å². The van der Waals surface area contributed by atoms with Gasteiger partial charge in [0.15, 0.2) is 0 Å². The van der Waals surface area contributed by atoms with Crippen LogP contribution in [0.3, 0.4) is 0 Å². The molecule has 16 heteroatoms. The van der Waals surface area contributed by atoms with Crippen LogP contribution in [0.1, 0.15) is 30.8 Å². The zero-order chi connectivity index (χ0) is 28.6. The molecular formula is C22H26F6N4O6. The average Bonchev–Trinajstić information content (AvgIpc) is 3.39. The number of rotatable bonds is 4. The monoisotopic (exact) mass is 556 g/mol. The van der Waals surface area contributed by atoms with Crippen LogP contribution in [-0.2, 0) is 20.9 Å². The zero-order valence-electron chi connectivity index (χ0n) is 20.1. The summed E-state index contributed by atoms with van der Waals surface area (Å²) in [6, 6.07) is 6.20. The lowest BCUT2D eigenvalue weighted by molar-refractivity contribution is -0.193. The number of aryl methyl sites for hydroxylation is 1. The SMILES string of the molecule is Cc1ccc(CN2CCCC3(CC(Nc4ncccn4)CO3)C2)o1.O=C(O)C(F)(F)F.O=C(O)C(F)(F)F. The molecule has 2 fully saturated rings. The molecule has 38 heavy (non-hydrogen) atoms. The molecule has 2 aliphatic heterocycles. The summed E-state index contributed by atoms with van der Waals surface area (Å²) in [5, 5.41) is 17.6. The maximum Gasteiger partial charge on any atom is 0.490 e. The van der Waals surface area contributed by atoms with E-state index in [4.69, 9.17) is 29.0 Å². The molecule has 0 saturated carbocycles. The zero-order valence-corrected chi connectivity index (χ0v) is 20.1. The third kappa shape index (κ3) is 10.2. The number of ether oxygens (including phenoxy) is 1. The predicted octanol–water partition coefficient (Wildman–Crippen LogP) is 3.88. The van der Waals surface area contributed by atoms with Crippen LogP contribution in [0, 0.1) is 6.92 Å². The largest absolute Gasteiger partial charge is 0.490 e. The van der Waals surface area contributed by atoms with Crippen molar-refractivity contribution < 1.29 is 55.3 Å². The van der Waals surface area contributed by atoms with Gasteiger partial charge in [0.1, 0.15) is 11.5 Å². The summed E-state index contributed by atoms with van der Waals surface area (Å²) in [6.45, 7) is 5.62. The summed E-state index contributed by atoms with van der Waals surface area (Å²) in [4.78, 5) is 28.7. The lowest BCUT2D eigenvalue weighted by atomic mass is 9.88. The van der Waals surface area contributed by atoms with Gasteiger partial charge in [-0.2, -0.15) is 26.3 Å². The van der Waals surface area contributed by atoms with Gasteiger partial charge >= 0.3 is 24.3 Å². The molecule has 3 N–H and O–H groups in total. The van der Waals surface area contributed by atoms with Crippen molar-refractivity contribution in [2.24, 2.45) is 0 Å². The van der Waals surface area contributed by atoms with Crippen LogP contribution in [0.2, 0.25) is 0 Å². The minimum Gasteiger partial charge on any atom is -0.475 e. The maximum atomic E-state index is 10.6. The number of hydrogen-bond donors (Lipinski definition) is 3. The molecule has 2 atom stereocenters. The molecule has 10 nitrogen and oxygen atoms in total. The normalized spacial score (nSPS) is 21.6. The molecule has 2 aromatic rings. The van der Waals surface area contributed by atoms with Crippen molar-refractivity contribution in [2.45, 2.75) is 56.7 Å². The number of nitrogens with zero attached hydrogens (tertiary/aromatic N) is 3. The number of nitrogens with one attached hydrogen (secondary N) is 1. The molecular weight excluding hydrogens is 530 g/mol. The Kier molecular flexibility index (Phi) is 10.5. The number of carboxylic acids is 2. The first-order valence-electron chi connectivity index (χ1n) is 11.1. The Morgan fingerprint density at radius 3 is 2.18 bits per heavy atom. The number of aliphatic carboxylic acids is 2. The number of carbonyl (C=O) groups is 2. The van der Waals surface area contributed by atoms with Gasteiger partial charge in [0.25, 0.3) is 0 Å². The summed E-state index contributed by atoms with van der Waals surface area (Å²) >= 11 is 0. The number of alkyl halides is 6. The van der Waals surface area contributed by atoms with Crippen molar-refractivity contribution in [1.82, 2.24) is 14.9 Å². The molecule has 2 unspecified atom stereocenters. The summed E-state index contributed by atoms with van der Waals surface area (Å²) in [7, 11) is 0. The first-order valence-corrected chi connectivity index (χ1v) is 11.1.